The van der Waals surface area contributed by atoms with Crippen LogP contribution in [0.1, 0.15) is 12.8 Å². The number of thioether (sulfide) groups is 1. The molecule has 1 aromatic rings. The third-order valence-electron chi connectivity index (χ3n) is 2.76. The Kier molecular flexibility index (Phi) is 4.37. The molecule has 1 aliphatic rings. The van der Waals surface area contributed by atoms with Gasteiger partial charge in [-0.25, -0.2) is 4.79 Å². The zero-order valence-electron chi connectivity index (χ0n) is 9.64. The van der Waals surface area contributed by atoms with E-state index in [0.29, 0.717) is 22.9 Å². The van der Waals surface area contributed by atoms with Crippen LogP contribution in [-0.4, -0.2) is 29.0 Å². The molecular weight excluding hydrogens is 274 g/mol. The van der Waals surface area contributed by atoms with Gasteiger partial charge in [0.05, 0.1) is 11.1 Å². The van der Waals surface area contributed by atoms with Crippen molar-refractivity contribution in [1.29, 1.82) is 0 Å². The molecule has 0 bridgehead atoms. The summed E-state index contributed by atoms with van der Waals surface area (Å²) in [6, 6.07) is 5.32. The molecule has 6 heteroatoms. The van der Waals surface area contributed by atoms with E-state index in [1.54, 1.807) is 23.9 Å². The number of nitrogens with two attached hydrogens (primary N) is 1. The van der Waals surface area contributed by atoms with Crippen LogP contribution in [-0.2, 0) is 9.53 Å². The molecule has 0 amide bonds. The molecule has 4 nitrogen and oxygen atoms in total. The second kappa shape index (κ2) is 5.82. The molecule has 1 fully saturated rings. The smallest absolute Gasteiger partial charge is 0.332 e. The highest BCUT2D eigenvalue weighted by Crippen LogP contribution is 2.32. The molecule has 0 aliphatic carbocycles. The number of ether oxygens (including phenoxy) is 1. The van der Waals surface area contributed by atoms with Gasteiger partial charge in [-0.3, -0.25) is 0 Å². The monoisotopic (exact) mass is 287 g/mol. The lowest BCUT2D eigenvalue weighted by Gasteiger charge is -2.11. The van der Waals surface area contributed by atoms with Crippen LogP contribution in [0, 0.1) is 0 Å². The van der Waals surface area contributed by atoms with Crippen LogP contribution in [0.15, 0.2) is 23.1 Å². The fourth-order valence-electron chi connectivity index (χ4n) is 1.82. The minimum Gasteiger partial charge on any atom is -0.479 e. The molecule has 2 rings (SSSR count). The van der Waals surface area contributed by atoms with E-state index in [1.165, 1.54) is 0 Å². The number of benzene rings is 1. The highest BCUT2D eigenvalue weighted by atomic mass is 35.5. The topological polar surface area (TPSA) is 72.6 Å². The number of hydrogen-bond acceptors (Lipinski definition) is 4. The van der Waals surface area contributed by atoms with Crippen molar-refractivity contribution in [3.63, 3.8) is 0 Å². The van der Waals surface area contributed by atoms with Gasteiger partial charge in [-0.05, 0) is 31.0 Å². The lowest BCUT2D eigenvalue weighted by Crippen LogP contribution is -2.21. The molecule has 1 aromatic carbocycles. The van der Waals surface area contributed by atoms with Crippen molar-refractivity contribution in [3.05, 3.63) is 23.2 Å². The van der Waals surface area contributed by atoms with Crippen LogP contribution in [0.25, 0.3) is 0 Å². The summed E-state index contributed by atoms with van der Waals surface area (Å²) in [5.41, 5.74) is 6.36. The average Bonchev–Trinajstić information content (AvgIpc) is 2.79. The van der Waals surface area contributed by atoms with Crippen LogP contribution < -0.4 is 5.73 Å². The molecule has 0 aromatic heterocycles. The number of hydrogen-bond donors (Lipinski definition) is 2. The van der Waals surface area contributed by atoms with Gasteiger partial charge in [-0.1, -0.05) is 11.6 Å². The molecule has 1 aliphatic heterocycles. The van der Waals surface area contributed by atoms with Crippen LogP contribution in [0.4, 0.5) is 5.69 Å². The third kappa shape index (κ3) is 3.31. The van der Waals surface area contributed by atoms with E-state index in [0.717, 1.165) is 11.3 Å². The summed E-state index contributed by atoms with van der Waals surface area (Å²) in [5, 5.41) is 9.48. The Hall–Kier alpha value is -0.910. The minimum absolute atomic E-state index is 0.0337. The summed E-state index contributed by atoms with van der Waals surface area (Å²) in [4.78, 5) is 11.7. The van der Waals surface area contributed by atoms with Gasteiger partial charge in [-0.2, -0.15) is 0 Å². The predicted molar refractivity (Wildman–Crippen MR) is 72.1 cm³/mol. The van der Waals surface area contributed by atoms with Gasteiger partial charge in [0, 0.05) is 16.3 Å². The maximum absolute atomic E-state index is 10.8. The maximum Gasteiger partial charge on any atom is 0.332 e. The van der Waals surface area contributed by atoms with Crippen molar-refractivity contribution in [3.8, 4) is 0 Å². The Bertz CT molecular complexity index is 455. The van der Waals surface area contributed by atoms with Gasteiger partial charge in [0.1, 0.15) is 0 Å². The fraction of sp³-hybridized carbons (Fsp3) is 0.417. The molecule has 1 saturated heterocycles. The number of halogens is 1. The van der Waals surface area contributed by atoms with Gasteiger partial charge >= 0.3 is 5.97 Å². The fourth-order valence-corrected chi connectivity index (χ4v) is 3.14. The largest absolute Gasteiger partial charge is 0.479 e. The van der Waals surface area contributed by atoms with Crippen molar-refractivity contribution in [2.75, 3.05) is 11.5 Å². The molecule has 0 radical (unpaired) electrons. The SMILES string of the molecule is Nc1ccc(Cl)c(SCC2CCC(C(=O)O)O2)c1. The number of carbonyl (C=O) groups is 1. The molecular formula is C12H14ClNO3S. The molecule has 0 saturated carbocycles. The summed E-state index contributed by atoms with van der Waals surface area (Å²) in [6.07, 6.45) is 0.648. The maximum atomic E-state index is 10.8. The summed E-state index contributed by atoms with van der Waals surface area (Å²) in [7, 11) is 0. The Morgan fingerprint density at radius 1 is 1.56 bits per heavy atom. The van der Waals surface area contributed by atoms with E-state index in [9.17, 15) is 4.79 Å². The minimum atomic E-state index is -0.885. The number of carboxylic acid groups (broad SMARTS) is 1. The first-order valence-electron chi connectivity index (χ1n) is 5.62. The van der Waals surface area contributed by atoms with E-state index >= 15 is 0 Å². The molecule has 2 unspecified atom stereocenters. The highest BCUT2D eigenvalue weighted by molar-refractivity contribution is 7.99. The summed E-state index contributed by atoms with van der Waals surface area (Å²) in [5.74, 6) is -0.197. The van der Waals surface area contributed by atoms with Crippen molar-refractivity contribution < 1.29 is 14.6 Å². The van der Waals surface area contributed by atoms with E-state index in [-0.39, 0.29) is 6.10 Å². The van der Waals surface area contributed by atoms with E-state index in [1.807, 2.05) is 6.07 Å². The lowest BCUT2D eigenvalue weighted by molar-refractivity contribution is -0.148. The van der Waals surface area contributed by atoms with Crippen LogP contribution in [0.5, 0.6) is 0 Å². The average molecular weight is 288 g/mol. The molecule has 2 atom stereocenters. The molecule has 98 valence electrons. The van der Waals surface area contributed by atoms with Crippen molar-refractivity contribution in [2.24, 2.45) is 0 Å². The number of nitrogen functional groups attached to an aromatic ring is 1. The second-order valence-corrected chi connectivity index (χ2v) is 5.63. The van der Waals surface area contributed by atoms with E-state index in [2.05, 4.69) is 0 Å². The Morgan fingerprint density at radius 2 is 2.33 bits per heavy atom. The van der Waals surface area contributed by atoms with E-state index < -0.39 is 12.1 Å². The van der Waals surface area contributed by atoms with Crippen molar-refractivity contribution >= 4 is 35.0 Å². The normalized spacial score (nSPS) is 23.2. The Morgan fingerprint density at radius 3 is 3.00 bits per heavy atom. The van der Waals surface area contributed by atoms with Gasteiger partial charge in [0.2, 0.25) is 0 Å². The Balaban J connectivity index is 1.89. The van der Waals surface area contributed by atoms with Crippen molar-refractivity contribution in [1.82, 2.24) is 0 Å². The number of carboxylic acids is 1. The van der Waals surface area contributed by atoms with Gasteiger partial charge in [0.25, 0.3) is 0 Å². The van der Waals surface area contributed by atoms with Crippen molar-refractivity contribution in [2.45, 2.75) is 29.9 Å². The first-order chi connectivity index (χ1) is 8.56. The summed E-state index contributed by atoms with van der Waals surface area (Å²) in [6.45, 7) is 0. The van der Waals surface area contributed by atoms with Crippen LogP contribution >= 0.6 is 23.4 Å². The second-order valence-electron chi connectivity index (χ2n) is 4.16. The molecule has 18 heavy (non-hydrogen) atoms. The van der Waals surface area contributed by atoms with Crippen LogP contribution in [0.3, 0.4) is 0 Å². The molecule has 0 spiro atoms. The van der Waals surface area contributed by atoms with Gasteiger partial charge in [0.15, 0.2) is 6.10 Å². The van der Waals surface area contributed by atoms with E-state index in [4.69, 9.17) is 27.2 Å². The molecule has 1 heterocycles. The van der Waals surface area contributed by atoms with Gasteiger partial charge in [-0.15, -0.1) is 11.8 Å². The summed E-state index contributed by atoms with van der Waals surface area (Å²) < 4.78 is 5.42. The predicted octanol–water partition coefficient (Wildman–Crippen LogP) is 2.65. The van der Waals surface area contributed by atoms with Gasteiger partial charge < -0.3 is 15.6 Å². The van der Waals surface area contributed by atoms with Crippen LogP contribution in [0.2, 0.25) is 5.02 Å². The molecule has 3 N–H and O–H groups in total. The highest BCUT2D eigenvalue weighted by Gasteiger charge is 2.30. The zero-order chi connectivity index (χ0) is 13.1. The summed E-state index contributed by atoms with van der Waals surface area (Å²) >= 11 is 7.59. The number of anilines is 1. The Labute approximate surface area is 114 Å². The first-order valence-corrected chi connectivity index (χ1v) is 6.98. The third-order valence-corrected chi connectivity index (χ3v) is 4.39. The number of rotatable bonds is 4. The standard InChI is InChI=1S/C12H14ClNO3S/c13-9-3-1-7(14)5-11(9)18-6-8-2-4-10(17-8)12(15)16/h1,3,5,8,10H,2,4,6,14H2,(H,15,16). The first kappa shape index (κ1) is 13.5. The zero-order valence-corrected chi connectivity index (χ0v) is 11.2. The lowest BCUT2D eigenvalue weighted by atomic mass is 10.2. The quantitative estimate of drug-likeness (QED) is 0.658. The number of aliphatic carboxylic acids is 1.